The van der Waals surface area contributed by atoms with Crippen LogP contribution in [0.5, 0.6) is 5.75 Å². The van der Waals surface area contributed by atoms with Gasteiger partial charge in [-0.05, 0) is 11.6 Å². The van der Waals surface area contributed by atoms with E-state index in [9.17, 15) is 9.59 Å². The number of rotatable bonds is 7. The third-order valence-electron chi connectivity index (χ3n) is 4.51. The van der Waals surface area contributed by atoms with Gasteiger partial charge in [0.2, 0.25) is 5.91 Å². The largest absolute Gasteiger partial charge is 0.489 e. The van der Waals surface area contributed by atoms with Crippen molar-refractivity contribution in [3.63, 3.8) is 0 Å². The number of hydrogen-bond donors (Lipinski definition) is 1. The zero-order valence-electron chi connectivity index (χ0n) is 15.0. The molecule has 27 heavy (non-hydrogen) atoms. The first-order valence-electron chi connectivity index (χ1n) is 8.97. The predicted molar refractivity (Wildman–Crippen MR) is 99.5 cm³/mol. The van der Waals surface area contributed by atoms with Crippen molar-refractivity contribution in [1.82, 2.24) is 4.90 Å². The first-order valence-corrected chi connectivity index (χ1v) is 8.97. The molecule has 0 saturated carbocycles. The standard InChI is InChI=1S/C21H23NO5/c23-20(22-10-11-26-15-18(22)13-21(24)25)12-17-8-4-5-9-19(17)27-14-16-6-2-1-3-7-16/h1-9,18H,10-15H2,(H,24,25). The fourth-order valence-corrected chi connectivity index (χ4v) is 3.14. The number of carboxylic acid groups (broad SMARTS) is 1. The van der Waals surface area contributed by atoms with Gasteiger partial charge in [-0.15, -0.1) is 0 Å². The highest BCUT2D eigenvalue weighted by Crippen LogP contribution is 2.22. The van der Waals surface area contributed by atoms with Crippen LogP contribution in [0, 0.1) is 0 Å². The summed E-state index contributed by atoms with van der Waals surface area (Å²) in [5, 5.41) is 9.06. The molecule has 0 aliphatic carbocycles. The number of carboxylic acids is 1. The van der Waals surface area contributed by atoms with E-state index in [0.29, 0.717) is 25.5 Å². The number of amides is 1. The van der Waals surface area contributed by atoms with Crippen molar-refractivity contribution in [2.24, 2.45) is 0 Å². The van der Waals surface area contributed by atoms with Crippen molar-refractivity contribution < 1.29 is 24.2 Å². The number of carbonyl (C=O) groups is 2. The quantitative estimate of drug-likeness (QED) is 0.812. The van der Waals surface area contributed by atoms with Crippen LogP contribution in [0.3, 0.4) is 0 Å². The second-order valence-electron chi connectivity index (χ2n) is 6.47. The number of morpholine rings is 1. The minimum Gasteiger partial charge on any atom is -0.489 e. The van der Waals surface area contributed by atoms with Crippen LogP contribution in [0.4, 0.5) is 0 Å². The first-order chi connectivity index (χ1) is 13.1. The molecule has 2 aromatic carbocycles. The minimum atomic E-state index is -0.935. The molecule has 0 spiro atoms. The van der Waals surface area contributed by atoms with Crippen molar-refractivity contribution in [3.8, 4) is 5.75 Å². The van der Waals surface area contributed by atoms with Gasteiger partial charge in [-0.25, -0.2) is 0 Å². The van der Waals surface area contributed by atoms with E-state index >= 15 is 0 Å². The van der Waals surface area contributed by atoms with Gasteiger partial charge in [0.15, 0.2) is 0 Å². The number of benzene rings is 2. The van der Waals surface area contributed by atoms with Gasteiger partial charge in [-0.2, -0.15) is 0 Å². The minimum absolute atomic E-state index is 0.111. The van der Waals surface area contributed by atoms with Crippen LogP contribution in [0.25, 0.3) is 0 Å². The Labute approximate surface area is 158 Å². The molecule has 1 heterocycles. The Bertz CT molecular complexity index is 777. The Balaban J connectivity index is 1.67. The maximum absolute atomic E-state index is 12.8. The van der Waals surface area contributed by atoms with Crippen LogP contribution in [0.15, 0.2) is 54.6 Å². The molecule has 6 heteroatoms. The van der Waals surface area contributed by atoms with E-state index in [0.717, 1.165) is 11.1 Å². The lowest BCUT2D eigenvalue weighted by atomic mass is 10.1. The average Bonchev–Trinajstić information content (AvgIpc) is 2.68. The summed E-state index contributed by atoms with van der Waals surface area (Å²) < 4.78 is 11.3. The van der Waals surface area contributed by atoms with Crippen LogP contribution in [0.1, 0.15) is 17.5 Å². The lowest BCUT2D eigenvalue weighted by molar-refractivity contribution is -0.145. The smallest absolute Gasteiger partial charge is 0.305 e. The molecule has 1 amide bonds. The molecule has 0 aromatic heterocycles. The van der Waals surface area contributed by atoms with Crippen molar-refractivity contribution in [2.45, 2.75) is 25.5 Å². The molecule has 0 radical (unpaired) electrons. The summed E-state index contributed by atoms with van der Waals surface area (Å²) in [4.78, 5) is 25.5. The van der Waals surface area contributed by atoms with Crippen LogP contribution >= 0.6 is 0 Å². The van der Waals surface area contributed by atoms with Gasteiger partial charge >= 0.3 is 5.97 Å². The Hall–Kier alpha value is -2.86. The molecule has 1 fully saturated rings. The number of carbonyl (C=O) groups excluding carboxylic acids is 1. The van der Waals surface area contributed by atoms with Crippen molar-refractivity contribution in [2.75, 3.05) is 19.8 Å². The van der Waals surface area contributed by atoms with Gasteiger partial charge in [0.25, 0.3) is 0 Å². The molecule has 1 saturated heterocycles. The molecule has 2 aromatic rings. The molecule has 0 bridgehead atoms. The van der Waals surface area contributed by atoms with E-state index in [1.54, 1.807) is 4.90 Å². The van der Waals surface area contributed by atoms with E-state index in [4.69, 9.17) is 14.6 Å². The van der Waals surface area contributed by atoms with Crippen LogP contribution < -0.4 is 4.74 Å². The topological polar surface area (TPSA) is 76.1 Å². The Morgan fingerprint density at radius 2 is 1.85 bits per heavy atom. The number of hydrogen-bond acceptors (Lipinski definition) is 4. The van der Waals surface area contributed by atoms with E-state index in [1.165, 1.54) is 0 Å². The molecule has 142 valence electrons. The fourth-order valence-electron chi connectivity index (χ4n) is 3.14. The Morgan fingerprint density at radius 3 is 2.63 bits per heavy atom. The van der Waals surface area contributed by atoms with E-state index < -0.39 is 12.0 Å². The molecule has 6 nitrogen and oxygen atoms in total. The molecule has 3 rings (SSSR count). The summed E-state index contributed by atoms with van der Waals surface area (Å²) in [6.07, 6.45) is 0.0545. The van der Waals surface area contributed by atoms with Gasteiger partial charge in [0.1, 0.15) is 12.4 Å². The van der Waals surface area contributed by atoms with Gasteiger partial charge in [-0.1, -0.05) is 48.5 Å². The third kappa shape index (κ3) is 5.31. The average molecular weight is 369 g/mol. The maximum atomic E-state index is 12.8. The SMILES string of the molecule is O=C(O)CC1COCCN1C(=O)Cc1ccccc1OCc1ccccc1. The van der Waals surface area contributed by atoms with Crippen LogP contribution in [-0.2, 0) is 27.4 Å². The molecule has 1 atom stereocenters. The van der Waals surface area contributed by atoms with Crippen LogP contribution in [0.2, 0.25) is 0 Å². The molecular formula is C21H23NO5. The lowest BCUT2D eigenvalue weighted by Crippen LogP contribution is -2.50. The van der Waals surface area contributed by atoms with E-state index in [-0.39, 0.29) is 25.4 Å². The van der Waals surface area contributed by atoms with Crippen LogP contribution in [-0.4, -0.2) is 47.7 Å². The van der Waals surface area contributed by atoms with Crippen molar-refractivity contribution in [1.29, 1.82) is 0 Å². The Morgan fingerprint density at radius 1 is 1.11 bits per heavy atom. The number of nitrogens with zero attached hydrogens (tertiary/aromatic N) is 1. The van der Waals surface area contributed by atoms with E-state index in [1.807, 2.05) is 54.6 Å². The normalized spacial score (nSPS) is 16.7. The fraction of sp³-hybridized carbons (Fsp3) is 0.333. The monoisotopic (exact) mass is 369 g/mol. The Kier molecular flexibility index (Phi) is 6.44. The lowest BCUT2D eigenvalue weighted by Gasteiger charge is -2.35. The molecular weight excluding hydrogens is 346 g/mol. The van der Waals surface area contributed by atoms with Crippen molar-refractivity contribution >= 4 is 11.9 Å². The van der Waals surface area contributed by atoms with Gasteiger partial charge in [0.05, 0.1) is 32.1 Å². The third-order valence-corrected chi connectivity index (χ3v) is 4.51. The predicted octanol–water partition coefficient (Wildman–Crippen LogP) is 2.51. The second-order valence-corrected chi connectivity index (χ2v) is 6.47. The summed E-state index contributed by atoms with van der Waals surface area (Å²) in [6, 6.07) is 16.8. The summed E-state index contributed by atoms with van der Waals surface area (Å²) in [6.45, 7) is 1.51. The number of aliphatic carboxylic acids is 1. The van der Waals surface area contributed by atoms with Gasteiger partial charge in [-0.3, -0.25) is 9.59 Å². The number of para-hydroxylation sites is 1. The van der Waals surface area contributed by atoms with Gasteiger partial charge < -0.3 is 19.5 Å². The molecule has 1 aliphatic rings. The zero-order chi connectivity index (χ0) is 19.1. The summed E-state index contributed by atoms with van der Waals surface area (Å²) >= 11 is 0. The highest BCUT2D eigenvalue weighted by Gasteiger charge is 2.29. The van der Waals surface area contributed by atoms with Crippen molar-refractivity contribution in [3.05, 3.63) is 65.7 Å². The first kappa shape index (κ1) is 18.9. The second kappa shape index (κ2) is 9.19. The molecule has 1 aliphatic heterocycles. The summed E-state index contributed by atoms with van der Waals surface area (Å²) in [7, 11) is 0. The zero-order valence-corrected chi connectivity index (χ0v) is 15.0. The maximum Gasteiger partial charge on any atom is 0.305 e. The van der Waals surface area contributed by atoms with E-state index in [2.05, 4.69) is 0 Å². The summed E-state index contributed by atoms with van der Waals surface area (Å²) in [5.74, 6) is -0.382. The molecule has 1 unspecified atom stereocenters. The molecule has 1 N–H and O–H groups in total. The summed E-state index contributed by atoms with van der Waals surface area (Å²) in [5.41, 5.74) is 1.84. The van der Waals surface area contributed by atoms with Gasteiger partial charge in [0, 0.05) is 12.1 Å². The highest BCUT2D eigenvalue weighted by atomic mass is 16.5. The number of ether oxygens (including phenoxy) is 2. The highest BCUT2D eigenvalue weighted by molar-refractivity contribution is 5.80.